The van der Waals surface area contributed by atoms with Crippen LogP contribution in [0.15, 0.2) is 48.8 Å². The van der Waals surface area contributed by atoms with E-state index >= 15 is 0 Å². The molecule has 0 radical (unpaired) electrons. The summed E-state index contributed by atoms with van der Waals surface area (Å²) in [7, 11) is 1.65. The molecule has 1 saturated heterocycles. The van der Waals surface area contributed by atoms with Crippen molar-refractivity contribution in [2.24, 2.45) is 0 Å². The highest BCUT2D eigenvalue weighted by Crippen LogP contribution is 2.40. The minimum Gasteiger partial charge on any atom is -0.497 e. The van der Waals surface area contributed by atoms with Crippen molar-refractivity contribution in [2.45, 2.75) is 58.2 Å². The van der Waals surface area contributed by atoms with Crippen molar-refractivity contribution in [3.8, 4) is 11.5 Å². The van der Waals surface area contributed by atoms with Crippen molar-refractivity contribution in [2.75, 3.05) is 20.2 Å². The highest BCUT2D eigenvalue weighted by Gasteiger charge is 2.31. The largest absolute Gasteiger partial charge is 0.497 e. The van der Waals surface area contributed by atoms with E-state index < -0.39 is 11.4 Å². The van der Waals surface area contributed by atoms with Crippen LogP contribution in [0.4, 0.5) is 9.18 Å². The number of likely N-dealkylation sites (tertiary alicyclic amines) is 1. The van der Waals surface area contributed by atoms with Crippen molar-refractivity contribution in [1.29, 1.82) is 0 Å². The topological polar surface area (TPSA) is 73.8 Å². The van der Waals surface area contributed by atoms with E-state index in [4.69, 9.17) is 35.8 Å². The van der Waals surface area contributed by atoms with Crippen LogP contribution in [0.3, 0.4) is 0 Å². The zero-order valence-corrected chi connectivity index (χ0v) is 23.9. The molecule has 1 fully saturated rings. The summed E-state index contributed by atoms with van der Waals surface area (Å²) in [6.45, 7) is 6.54. The molecule has 2 aliphatic rings. The van der Waals surface area contributed by atoms with Gasteiger partial charge in [0.15, 0.2) is 11.6 Å². The van der Waals surface area contributed by atoms with Crippen LogP contribution in [-0.4, -0.2) is 52.9 Å². The van der Waals surface area contributed by atoms with E-state index in [-0.39, 0.29) is 17.2 Å². The molecule has 7 nitrogen and oxygen atoms in total. The fourth-order valence-corrected chi connectivity index (χ4v) is 5.25. The average Bonchev–Trinajstić information content (AvgIpc) is 3.30. The Morgan fingerprint density at radius 2 is 1.85 bits per heavy atom. The SMILES string of the molecule is COc1ccc2c(c1)CCCC(c1ccc(Cl)c(F)c1)=C2c1ncc(OC2CCN(C(=O)OC(C)(C)C)C2)cn1. The molecular formula is C31H33ClFN3O4. The van der Waals surface area contributed by atoms with Gasteiger partial charge in [-0.2, -0.15) is 0 Å². The first-order valence-electron chi connectivity index (χ1n) is 13.4. The van der Waals surface area contributed by atoms with E-state index in [9.17, 15) is 9.18 Å². The van der Waals surface area contributed by atoms with Gasteiger partial charge < -0.3 is 19.1 Å². The molecule has 2 aromatic carbocycles. The Morgan fingerprint density at radius 1 is 1.07 bits per heavy atom. The van der Waals surface area contributed by atoms with Crippen LogP contribution in [0, 0.1) is 5.82 Å². The molecule has 0 bridgehead atoms. The lowest BCUT2D eigenvalue weighted by atomic mass is 9.91. The van der Waals surface area contributed by atoms with Gasteiger partial charge in [-0.25, -0.2) is 19.2 Å². The highest BCUT2D eigenvalue weighted by atomic mass is 35.5. The molecule has 0 saturated carbocycles. The molecule has 210 valence electrons. The second-order valence-electron chi connectivity index (χ2n) is 11.1. The molecule has 1 amide bonds. The van der Waals surface area contributed by atoms with Gasteiger partial charge in [0, 0.05) is 18.5 Å². The van der Waals surface area contributed by atoms with Crippen molar-refractivity contribution >= 4 is 28.8 Å². The van der Waals surface area contributed by atoms with Crippen LogP contribution in [-0.2, 0) is 11.2 Å². The number of fused-ring (bicyclic) bond motifs is 1. The van der Waals surface area contributed by atoms with Crippen LogP contribution in [0.1, 0.15) is 62.5 Å². The maximum atomic E-state index is 14.5. The molecular weight excluding hydrogens is 533 g/mol. The third-order valence-corrected chi connectivity index (χ3v) is 7.28. The highest BCUT2D eigenvalue weighted by molar-refractivity contribution is 6.30. The molecule has 1 aliphatic carbocycles. The number of carbonyl (C=O) groups excluding carboxylic acids is 1. The third kappa shape index (κ3) is 6.22. The Bertz CT molecular complexity index is 1440. The van der Waals surface area contributed by atoms with E-state index in [1.807, 2.05) is 45.0 Å². The summed E-state index contributed by atoms with van der Waals surface area (Å²) in [4.78, 5) is 23.5. The molecule has 9 heteroatoms. The lowest BCUT2D eigenvalue weighted by Crippen LogP contribution is -2.36. The number of rotatable bonds is 5. The first-order valence-corrected chi connectivity index (χ1v) is 13.8. The Hall–Kier alpha value is -3.65. The Balaban J connectivity index is 1.44. The van der Waals surface area contributed by atoms with Crippen LogP contribution >= 0.6 is 11.6 Å². The number of aromatic nitrogens is 2. The molecule has 3 aromatic rings. The molecule has 1 atom stereocenters. The van der Waals surface area contributed by atoms with Gasteiger partial charge in [-0.3, -0.25) is 0 Å². The molecule has 0 N–H and O–H groups in total. The Morgan fingerprint density at radius 3 is 2.55 bits per heavy atom. The van der Waals surface area contributed by atoms with Gasteiger partial charge in [0.2, 0.25) is 0 Å². The number of benzene rings is 2. The number of hydrogen-bond acceptors (Lipinski definition) is 6. The second kappa shape index (κ2) is 11.5. The van der Waals surface area contributed by atoms with Crippen LogP contribution in [0.25, 0.3) is 11.1 Å². The van der Waals surface area contributed by atoms with Gasteiger partial charge in [0.05, 0.1) is 31.1 Å². The van der Waals surface area contributed by atoms with Gasteiger partial charge in [0.25, 0.3) is 0 Å². The fourth-order valence-electron chi connectivity index (χ4n) is 5.13. The van der Waals surface area contributed by atoms with Gasteiger partial charge in [-0.1, -0.05) is 23.7 Å². The average molecular weight is 566 g/mol. The van der Waals surface area contributed by atoms with E-state index in [1.165, 1.54) is 6.07 Å². The van der Waals surface area contributed by atoms with Crippen LogP contribution < -0.4 is 9.47 Å². The number of methoxy groups -OCH3 is 1. The first kappa shape index (κ1) is 27.9. The summed E-state index contributed by atoms with van der Waals surface area (Å²) < 4.78 is 31.6. The number of carbonyl (C=O) groups is 1. The lowest BCUT2D eigenvalue weighted by Gasteiger charge is -2.24. The minimum atomic E-state index is -0.549. The van der Waals surface area contributed by atoms with E-state index in [0.717, 1.165) is 52.8 Å². The third-order valence-electron chi connectivity index (χ3n) is 6.98. The Kier molecular flexibility index (Phi) is 7.99. The predicted molar refractivity (Wildman–Crippen MR) is 152 cm³/mol. The Labute approximate surface area is 238 Å². The van der Waals surface area contributed by atoms with E-state index in [0.29, 0.717) is 31.1 Å². The standard InChI is InChI=1S/C31H33ClFN3O4/c1-31(2,3)40-30(37)36-13-12-22(18-36)39-23-16-34-29(35-17-23)28-24(20-8-11-26(32)27(33)15-20)7-5-6-19-14-21(38-4)9-10-25(19)28/h8-11,14-17,22H,5-7,12-13,18H2,1-4H3. The maximum absolute atomic E-state index is 14.5. The van der Waals surface area contributed by atoms with Crippen molar-refractivity contribution in [1.82, 2.24) is 14.9 Å². The summed E-state index contributed by atoms with van der Waals surface area (Å²) in [6, 6.07) is 10.9. The van der Waals surface area contributed by atoms with Crippen LogP contribution in [0.2, 0.25) is 5.02 Å². The number of allylic oxidation sites excluding steroid dienone is 1. The number of ether oxygens (including phenoxy) is 3. The summed E-state index contributed by atoms with van der Waals surface area (Å²) in [5.41, 5.74) is 4.11. The van der Waals surface area contributed by atoms with Gasteiger partial charge in [0.1, 0.15) is 23.3 Å². The van der Waals surface area contributed by atoms with Gasteiger partial charge in [-0.15, -0.1) is 0 Å². The zero-order valence-electron chi connectivity index (χ0n) is 23.2. The molecule has 5 rings (SSSR count). The number of hydrogen-bond donors (Lipinski definition) is 0. The van der Waals surface area contributed by atoms with E-state index in [2.05, 4.69) is 0 Å². The summed E-state index contributed by atoms with van der Waals surface area (Å²) in [5, 5.41) is 0.0829. The number of halogens is 2. The predicted octanol–water partition coefficient (Wildman–Crippen LogP) is 6.96. The zero-order chi connectivity index (χ0) is 28.4. The molecule has 2 heterocycles. The maximum Gasteiger partial charge on any atom is 0.410 e. The van der Waals surface area contributed by atoms with Gasteiger partial charge >= 0.3 is 6.09 Å². The number of aryl methyl sites for hydroxylation is 1. The fraction of sp³-hybridized carbons (Fsp3) is 0.387. The summed E-state index contributed by atoms with van der Waals surface area (Å²) in [6.07, 6.45) is 5.91. The minimum absolute atomic E-state index is 0.0829. The summed E-state index contributed by atoms with van der Waals surface area (Å²) in [5.74, 6) is 1.35. The lowest BCUT2D eigenvalue weighted by molar-refractivity contribution is 0.0275. The quantitative estimate of drug-likeness (QED) is 0.333. The van der Waals surface area contributed by atoms with Crippen LogP contribution in [0.5, 0.6) is 11.5 Å². The first-order chi connectivity index (χ1) is 19.1. The van der Waals surface area contributed by atoms with Crippen molar-refractivity contribution < 1.29 is 23.4 Å². The molecule has 1 aliphatic heterocycles. The molecule has 40 heavy (non-hydrogen) atoms. The monoisotopic (exact) mass is 565 g/mol. The molecule has 0 spiro atoms. The normalized spacial score (nSPS) is 17.4. The molecule has 1 aromatic heterocycles. The summed E-state index contributed by atoms with van der Waals surface area (Å²) >= 11 is 5.99. The second-order valence-corrected chi connectivity index (χ2v) is 11.5. The van der Waals surface area contributed by atoms with Crippen molar-refractivity contribution in [3.63, 3.8) is 0 Å². The van der Waals surface area contributed by atoms with Gasteiger partial charge in [-0.05, 0) is 86.6 Å². The van der Waals surface area contributed by atoms with Crippen molar-refractivity contribution in [3.05, 3.63) is 82.1 Å². The van der Waals surface area contributed by atoms with E-state index in [1.54, 1.807) is 30.5 Å². The number of nitrogens with zero attached hydrogens (tertiary/aromatic N) is 3. The smallest absolute Gasteiger partial charge is 0.410 e. The number of amides is 1. The molecule has 1 unspecified atom stereocenters.